The molecule has 0 fully saturated rings. The lowest BCUT2D eigenvalue weighted by Crippen LogP contribution is -2.15. The first-order chi connectivity index (χ1) is 27.5. The van der Waals surface area contributed by atoms with E-state index in [0.29, 0.717) is 0 Å². The standard InChI is InChI=1S/C55H33F/c1-55(2)47-26-32(56)20-21-40(47)52-41-19-11-18-35-36-22-23-37-42-27-44-45(28-43(42)38-24-25-39(53(36)54(37)38)46(51(35)41)29-48(52)55)50(31-14-7-4-8-15-31)34-17-10-9-16-33(34)49(44)30-12-5-3-6-13-30/h3-29H,1-2H3. The minimum absolute atomic E-state index is 0.179. The smallest absolute Gasteiger partial charge is 0.123 e. The van der Waals surface area contributed by atoms with Crippen LogP contribution in [0.4, 0.5) is 4.39 Å². The molecule has 0 aliphatic heterocycles. The fourth-order valence-corrected chi connectivity index (χ4v) is 11.0. The first-order valence-electron chi connectivity index (χ1n) is 19.6. The summed E-state index contributed by atoms with van der Waals surface area (Å²) in [6.45, 7) is 4.50. The average molecular weight is 713 g/mol. The van der Waals surface area contributed by atoms with Crippen LogP contribution in [0.5, 0.6) is 0 Å². The topological polar surface area (TPSA) is 0 Å². The van der Waals surface area contributed by atoms with Crippen LogP contribution in [0.1, 0.15) is 25.0 Å². The molecule has 1 heteroatoms. The van der Waals surface area contributed by atoms with E-state index in [1.807, 2.05) is 6.07 Å². The van der Waals surface area contributed by atoms with E-state index in [0.717, 1.165) is 11.1 Å². The van der Waals surface area contributed by atoms with Gasteiger partial charge < -0.3 is 0 Å². The van der Waals surface area contributed by atoms with Crippen molar-refractivity contribution >= 4 is 64.6 Å². The minimum Gasteiger partial charge on any atom is -0.207 e. The number of rotatable bonds is 2. The molecule has 0 radical (unpaired) electrons. The summed E-state index contributed by atoms with van der Waals surface area (Å²) in [7, 11) is 0. The minimum atomic E-state index is -0.324. The van der Waals surface area contributed by atoms with Gasteiger partial charge in [0.25, 0.3) is 0 Å². The Balaban J connectivity index is 1.16. The Morgan fingerprint density at radius 3 is 1.46 bits per heavy atom. The molecular weight excluding hydrogens is 680 g/mol. The molecule has 0 bridgehead atoms. The van der Waals surface area contributed by atoms with Gasteiger partial charge in [-0.25, -0.2) is 4.39 Å². The highest BCUT2D eigenvalue weighted by Gasteiger charge is 2.38. The highest BCUT2D eigenvalue weighted by molar-refractivity contribution is 6.39. The zero-order valence-electron chi connectivity index (χ0n) is 31.0. The van der Waals surface area contributed by atoms with Gasteiger partial charge in [-0.15, -0.1) is 0 Å². The molecule has 56 heavy (non-hydrogen) atoms. The molecule has 0 saturated carbocycles. The highest BCUT2D eigenvalue weighted by Crippen LogP contribution is 2.58. The second-order valence-corrected chi connectivity index (χ2v) is 16.4. The molecule has 260 valence electrons. The quantitative estimate of drug-likeness (QED) is 0.124. The molecule has 13 rings (SSSR count). The van der Waals surface area contributed by atoms with Crippen molar-refractivity contribution in [2.24, 2.45) is 0 Å². The Morgan fingerprint density at radius 1 is 0.321 bits per heavy atom. The van der Waals surface area contributed by atoms with Gasteiger partial charge in [0, 0.05) is 5.41 Å². The van der Waals surface area contributed by atoms with Gasteiger partial charge in [0.05, 0.1) is 0 Å². The van der Waals surface area contributed by atoms with Crippen LogP contribution in [0.25, 0.3) is 120 Å². The van der Waals surface area contributed by atoms with Crippen LogP contribution in [-0.4, -0.2) is 0 Å². The number of fused-ring (bicyclic) bond motifs is 11. The summed E-state index contributed by atoms with van der Waals surface area (Å²) in [5, 5.41) is 15.4. The van der Waals surface area contributed by atoms with Crippen molar-refractivity contribution in [3.63, 3.8) is 0 Å². The maximum absolute atomic E-state index is 14.8. The molecule has 11 aromatic rings. The zero-order chi connectivity index (χ0) is 37.0. The molecule has 0 unspecified atom stereocenters. The maximum Gasteiger partial charge on any atom is 0.123 e. The van der Waals surface area contributed by atoms with Crippen molar-refractivity contribution in [3.05, 3.63) is 181 Å². The molecule has 0 saturated heterocycles. The van der Waals surface area contributed by atoms with Crippen molar-refractivity contribution in [3.8, 4) is 55.6 Å². The molecule has 11 aromatic carbocycles. The van der Waals surface area contributed by atoms with E-state index in [-0.39, 0.29) is 11.2 Å². The highest BCUT2D eigenvalue weighted by atomic mass is 19.1. The zero-order valence-corrected chi connectivity index (χ0v) is 31.0. The first-order valence-corrected chi connectivity index (χ1v) is 19.6. The molecule has 0 spiro atoms. The predicted molar refractivity (Wildman–Crippen MR) is 235 cm³/mol. The molecule has 0 nitrogen and oxygen atoms in total. The Morgan fingerprint density at radius 2 is 0.839 bits per heavy atom. The van der Waals surface area contributed by atoms with Gasteiger partial charge in [0.15, 0.2) is 0 Å². The molecular formula is C55H33F. The number of halogens is 1. The van der Waals surface area contributed by atoms with Gasteiger partial charge in [-0.2, -0.15) is 0 Å². The van der Waals surface area contributed by atoms with Gasteiger partial charge in [0.2, 0.25) is 0 Å². The van der Waals surface area contributed by atoms with Crippen molar-refractivity contribution < 1.29 is 4.39 Å². The van der Waals surface area contributed by atoms with Gasteiger partial charge >= 0.3 is 0 Å². The summed E-state index contributed by atoms with van der Waals surface area (Å²) in [4.78, 5) is 0. The van der Waals surface area contributed by atoms with E-state index >= 15 is 0 Å². The lowest BCUT2D eigenvalue weighted by atomic mass is 9.79. The second kappa shape index (κ2) is 10.5. The van der Waals surface area contributed by atoms with Gasteiger partial charge in [-0.1, -0.05) is 147 Å². The lowest BCUT2D eigenvalue weighted by molar-refractivity contribution is 0.609. The van der Waals surface area contributed by atoms with Crippen LogP contribution in [0, 0.1) is 5.82 Å². The van der Waals surface area contributed by atoms with Crippen molar-refractivity contribution in [2.75, 3.05) is 0 Å². The number of benzene rings is 11. The average Bonchev–Trinajstić information content (AvgIpc) is 3.67. The van der Waals surface area contributed by atoms with Crippen LogP contribution in [0.3, 0.4) is 0 Å². The van der Waals surface area contributed by atoms with Gasteiger partial charge in [0.1, 0.15) is 5.82 Å². The summed E-state index contributed by atoms with van der Waals surface area (Å²) < 4.78 is 14.8. The Kier molecular flexibility index (Phi) is 5.70. The number of hydrogen-bond acceptors (Lipinski definition) is 0. The lowest BCUT2D eigenvalue weighted by Gasteiger charge is -2.23. The molecule has 0 aromatic heterocycles. The van der Waals surface area contributed by atoms with Crippen LogP contribution < -0.4 is 0 Å². The maximum atomic E-state index is 14.8. The number of hydrogen-bond donors (Lipinski definition) is 0. The predicted octanol–water partition coefficient (Wildman–Crippen LogP) is 15.5. The largest absolute Gasteiger partial charge is 0.207 e. The second-order valence-electron chi connectivity index (χ2n) is 16.4. The van der Waals surface area contributed by atoms with Crippen LogP contribution in [0.15, 0.2) is 164 Å². The Bertz CT molecular complexity index is 3420. The third kappa shape index (κ3) is 3.69. The fraction of sp³-hybridized carbons (Fsp3) is 0.0545. The van der Waals surface area contributed by atoms with Crippen LogP contribution in [0.2, 0.25) is 0 Å². The van der Waals surface area contributed by atoms with E-state index in [9.17, 15) is 4.39 Å². The molecule has 2 aliphatic rings. The normalized spacial score (nSPS) is 13.8. The van der Waals surface area contributed by atoms with Crippen LogP contribution in [-0.2, 0) is 5.41 Å². The fourth-order valence-electron chi connectivity index (χ4n) is 11.0. The third-order valence-corrected chi connectivity index (χ3v) is 13.4. The van der Waals surface area contributed by atoms with Gasteiger partial charge in [-0.3, -0.25) is 0 Å². The summed E-state index contributed by atoms with van der Waals surface area (Å²) in [6.07, 6.45) is 0. The molecule has 0 N–H and O–H groups in total. The van der Waals surface area contributed by atoms with E-state index in [4.69, 9.17) is 0 Å². The van der Waals surface area contributed by atoms with E-state index < -0.39 is 0 Å². The molecule has 2 aliphatic carbocycles. The molecule has 0 heterocycles. The molecule has 0 atom stereocenters. The van der Waals surface area contributed by atoms with E-state index in [1.54, 1.807) is 12.1 Å². The summed E-state index contributed by atoms with van der Waals surface area (Å²) in [5.41, 5.74) is 14.6. The first kappa shape index (κ1) is 30.5. The SMILES string of the molecule is CC1(C)c2cc(F)ccc2-c2c1cc1c3ccc4c5c(ccc(c6cccc2c61)c53)-c1cc2c(-c3ccccc3)c3ccccc3c(-c3ccccc3)c2cc1-4. The van der Waals surface area contributed by atoms with Crippen molar-refractivity contribution in [1.29, 1.82) is 0 Å². The summed E-state index contributed by atoms with van der Waals surface area (Å²) in [5.74, 6) is -0.179. The van der Waals surface area contributed by atoms with E-state index in [1.165, 1.54) is 120 Å². The summed E-state index contributed by atoms with van der Waals surface area (Å²) >= 11 is 0. The Labute approximate surface area is 323 Å². The third-order valence-electron chi connectivity index (χ3n) is 13.4. The van der Waals surface area contributed by atoms with E-state index in [2.05, 4.69) is 159 Å². The monoisotopic (exact) mass is 712 g/mol. The summed E-state index contributed by atoms with van der Waals surface area (Å²) in [6, 6.07) is 59.8. The van der Waals surface area contributed by atoms with Gasteiger partial charge in [-0.05, 0) is 162 Å². The Hall–Kier alpha value is -6.83. The van der Waals surface area contributed by atoms with Crippen molar-refractivity contribution in [2.45, 2.75) is 19.3 Å². The van der Waals surface area contributed by atoms with Crippen molar-refractivity contribution in [1.82, 2.24) is 0 Å². The van der Waals surface area contributed by atoms with Crippen LogP contribution >= 0.6 is 0 Å². The molecule has 0 amide bonds.